The van der Waals surface area contributed by atoms with Gasteiger partial charge in [-0.1, -0.05) is 6.92 Å². The summed E-state index contributed by atoms with van der Waals surface area (Å²) in [6.07, 6.45) is 0. The fourth-order valence-corrected chi connectivity index (χ4v) is 1.33. The number of anilines is 1. The van der Waals surface area contributed by atoms with E-state index in [0.29, 0.717) is 0 Å². The number of rotatable bonds is 4. The summed E-state index contributed by atoms with van der Waals surface area (Å²) in [6.45, 7) is 3.31. The second kappa shape index (κ2) is 5.61. The summed E-state index contributed by atoms with van der Waals surface area (Å²) in [5, 5.41) is 2.68. The van der Waals surface area contributed by atoms with Gasteiger partial charge in [0.2, 0.25) is 0 Å². The van der Waals surface area contributed by atoms with Crippen LogP contribution in [0.5, 0.6) is 0 Å². The molecule has 17 heavy (non-hydrogen) atoms. The van der Waals surface area contributed by atoms with E-state index in [1.807, 2.05) is 0 Å². The van der Waals surface area contributed by atoms with E-state index in [2.05, 4.69) is 10.1 Å². The summed E-state index contributed by atoms with van der Waals surface area (Å²) in [4.78, 5) is 11.1. The van der Waals surface area contributed by atoms with E-state index in [1.165, 1.54) is 14.0 Å². The van der Waals surface area contributed by atoms with Crippen LogP contribution in [-0.2, 0) is 9.53 Å². The Balaban J connectivity index is 2.70. The maximum Gasteiger partial charge on any atom is 0.310 e. The van der Waals surface area contributed by atoms with E-state index < -0.39 is 23.5 Å². The lowest BCUT2D eigenvalue weighted by molar-refractivity contribution is -0.144. The van der Waals surface area contributed by atoms with Gasteiger partial charge in [0.05, 0.1) is 18.7 Å². The number of ether oxygens (including phenoxy) is 1. The van der Waals surface area contributed by atoms with Gasteiger partial charge in [0, 0.05) is 12.6 Å². The third-order valence-corrected chi connectivity index (χ3v) is 2.45. The van der Waals surface area contributed by atoms with E-state index in [0.717, 1.165) is 12.1 Å². The van der Waals surface area contributed by atoms with Gasteiger partial charge in [0.1, 0.15) is 11.6 Å². The van der Waals surface area contributed by atoms with E-state index in [9.17, 15) is 13.6 Å². The Morgan fingerprint density at radius 2 is 2.06 bits per heavy atom. The number of benzene rings is 1. The predicted octanol–water partition coefficient (Wildman–Crippen LogP) is 2.49. The van der Waals surface area contributed by atoms with Crippen LogP contribution in [0.2, 0.25) is 0 Å². The Morgan fingerprint density at radius 1 is 1.41 bits per heavy atom. The van der Waals surface area contributed by atoms with Gasteiger partial charge in [0.15, 0.2) is 0 Å². The van der Waals surface area contributed by atoms with Crippen LogP contribution in [0.1, 0.15) is 12.5 Å². The van der Waals surface area contributed by atoms with Gasteiger partial charge in [-0.25, -0.2) is 8.78 Å². The molecule has 1 atom stereocenters. The molecule has 0 heterocycles. The zero-order valence-electron chi connectivity index (χ0n) is 10.0. The summed E-state index contributed by atoms with van der Waals surface area (Å²) in [5.74, 6) is -1.85. The van der Waals surface area contributed by atoms with Gasteiger partial charge in [-0.2, -0.15) is 0 Å². The minimum atomic E-state index is -0.541. The molecule has 0 aliphatic rings. The first kappa shape index (κ1) is 13.4. The first-order chi connectivity index (χ1) is 7.95. The molecule has 0 saturated carbocycles. The molecule has 1 N–H and O–H groups in total. The molecule has 0 radical (unpaired) electrons. The highest BCUT2D eigenvalue weighted by atomic mass is 19.1. The highest BCUT2D eigenvalue weighted by Gasteiger charge is 2.14. The molecule has 0 aliphatic heterocycles. The maximum atomic E-state index is 13.4. The Labute approximate surface area is 98.8 Å². The number of methoxy groups -OCH3 is 1. The molecule has 1 rings (SSSR count). The Morgan fingerprint density at radius 3 is 2.65 bits per heavy atom. The van der Waals surface area contributed by atoms with E-state index in [-0.39, 0.29) is 17.8 Å². The predicted molar refractivity (Wildman–Crippen MR) is 60.8 cm³/mol. The van der Waals surface area contributed by atoms with Gasteiger partial charge in [-0.3, -0.25) is 4.79 Å². The number of carbonyl (C=O) groups excluding carboxylic acids is 1. The average molecular weight is 243 g/mol. The second-order valence-electron chi connectivity index (χ2n) is 3.89. The number of carbonyl (C=O) groups is 1. The molecular weight excluding hydrogens is 228 g/mol. The number of halogens is 2. The Hall–Kier alpha value is -1.65. The molecular formula is C12H15F2NO2. The van der Waals surface area contributed by atoms with Crippen LogP contribution in [-0.4, -0.2) is 19.6 Å². The van der Waals surface area contributed by atoms with E-state index >= 15 is 0 Å². The van der Waals surface area contributed by atoms with Crippen LogP contribution in [0.25, 0.3) is 0 Å². The summed E-state index contributed by atoms with van der Waals surface area (Å²) in [5.41, 5.74) is 0.290. The maximum absolute atomic E-state index is 13.4. The van der Waals surface area contributed by atoms with Crippen molar-refractivity contribution in [2.75, 3.05) is 19.0 Å². The topological polar surface area (TPSA) is 38.3 Å². The molecule has 0 aromatic heterocycles. The lowest BCUT2D eigenvalue weighted by Crippen LogP contribution is -2.21. The monoisotopic (exact) mass is 243 g/mol. The molecule has 0 bridgehead atoms. The normalized spacial score (nSPS) is 12.1. The molecule has 94 valence electrons. The van der Waals surface area contributed by atoms with Crippen molar-refractivity contribution in [1.82, 2.24) is 0 Å². The second-order valence-corrected chi connectivity index (χ2v) is 3.89. The molecule has 5 heteroatoms. The van der Waals surface area contributed by atoms with Crippen LogP contribution >= 0.6 is 0 Å². The quantitative estimate of drug-likeness (QED) is 0.826. The van der Waals surface area contributed by atoms with Gasteiger partial charge in [-0.05, 0) is 18.6 Å². The summed E-state index contributed by atoms with van der Waals surface area (Å²) < 4.78 is 31.2. The molecule has 0 aliphatic carbocycles. The minimum Gasteiger partial charge on any atom is -0.469 e. The third kappa shape index (κ3) is 3.41. The summed E-state index contributed by atoms with van der Waals surface area (Å²) in [6, 6.07) is 2.19. The summed E-state index contributed by atoms with van der Waals surface area (Å²) in [7, 11) is 1.28. The fraction of sp³-hybridized carbons (Fsp3) is 0.417. The summed E-state index contributed by atoms with van der Waals surface area (Å²) >= 11 is 0. The average Bonchev–Trinajstić information content (AvgIpc) is 2.30. The van der Waals surface area contributed by atoms with Crippen molar-refractivity contribution >= 4 is 11.7 Å². The van der Waals surface area contributed by atoms with Crippen LogP contribution in [0, 0.1) is 24.5 Å². The van der Waals surface area contributed by atoms with E-state index in [4.69, 9.17) is 0 Å². The molecule has 0 spiro atoms. The van der Waals surface area contributed by atoms with Gasteiger partial charge in [-0.15, -0.1) is 0 Å². The first-order valence-corrected chi connectivity index (χ1v) is 5.23. The third-order valence-electron chi connectivity index (χ3n) is 2.45. The van der Waals surface area contributed by atoms with Gasteiger partial charge in [0.25, 0.3) is 0 Å². The van der Waals surface area contributed by atoms with Crippen LogP contribution in [0.15, 0.2) is 12.1 Å². The Bertz CT molecular complexity index is 421. The van der Waals surface area contributed by atoms with Crippen molar-refractivity contribution in [1.29, 1.82) is 0 Å². The van der Waals surface area contributed by atoms with Crippen molar-refractivity contribution in [2.24, 2.45) is 5.92 Å². The number of hydrogen-bond donors (Lipinski definition) is 1. The van der Waals surface area contributed by atoms with Crippen molar-refractivity contribution in [3.8, 4) is 0 Å². The molecule has 1 aromatic rings. The van der Waals surface area contributed by atoms with Crippen molar-refractivity contribution in [2.45, 2.75) is 13.8 Å². The largest absolute Gasteiger partial charge is 0.469 e. The fourth-order valence-electron chi connectivity index (χ4n) is 1.33. The smallest absolute Gasteiger partial charge is 0.310 e. The van der Waals surface area contributed by atoms with Crippen LogP contribution < -0.4 is 5.32 Å². The van der Waals surface area contributed by atoms with Gasteiger partial charge < -0.3 is 10.1 Å². The lowest BCUT2D eigenvalue weighted by Gasteiger charge is -2.12. The Kier molecular flexibility index (Phi) is 4.43. The molecule has 0 saturated heterocycles. The van der Waals surface area contributed by atoms with Crippen molar-refractivity contribution in [3.63, 3.8) is 0 Å². The zero-order valence-corrected chi connectivity index (χ0v) is 10.0. The van der Waals surface area contributed by atoms with Crippen molar-refractivity contribution in [3.05, 3.63) is 29.3 Å². The number of hydrogen-bond acceptors (Lipinski definition) is 3. The SMILES string of the molecule is COC(=O)C(C)CNc1cc(F)c(C)cc1F. The standard InChI is InChI=1S/C12H15F2NO2/c1-7-4-10(14)11(5-9(7)13)15-6-8(2)12(16)17-3/h4-5,8,15H,6H2,1-3H3. The molecule has 0 fully saturated rings. The van der Waals surface area contributed by atoms with Crippen LogP contribution in [0.4, 0.5) is 14.5 Å². The number of esters is 1. The highest BCUT2D eigenvalue weighted by molar-refractivity contribution is 5.72. The molecule has 3 nitrogen and oxygen atoms in total. The first-order valence-electron chi connectivity index (χ1n) is 5.23. The highest BCUT2D eigenvalue weighted by Crippen LogP contribution is 2.19. The lowest BCUT2D eigenvalue weighted by atomic mass is 10.1. The molecule has 1 aromatic carbocycles. The van der Waals surface area contributed by atoms with Crippen molar-refractivity contribution < 1.29 is 18.3 Å². The number of nitrogens with one attached hydrogen (secondary N) is 1. The minimum absolute atomic E-state index is 0.0452. The molecule has 1 unspecified atom stereocenters. The van der Waals surface area contributed by atoms with E-state index in [1.54, 1.807) is 6.92 Å². The zero-order chi connectivity index (χ0) is 13.0. The van der Waals surface area contributed by atoms with Gasteiger partial charge >= 0.3 is 5.97 Å². The van der Waals surface area contributed by atoms with Crippen LogP contribution in [0.3, 0.4) is 0 Å². The molecule has 0 amide bonds. The number of aryl methyl sites for hydroxylation is 1.